The second kappa shape index (κ2) is 7.77. The van der Waals surface area contributed by atoms with Crippen LogP contribution in [0.4, 0.5) is 13.2 Å². The second-order valence-electron chi connectivity index (χ2n) is 7.86. The van der Waals surface area contributed by atoms with Crippen molar-refractivity contribution in [1.29, 1.82) is 0 Å². The van der Waals surface area contributed by atoms with E-state index in [1.807, 2.05) is 42.3 Å². The molecular formula is C19H26F3N3O2. The molecule has 150 valence electrons. The Morgan fingerprint density at radius 1 is 1.30 bits per heavy atom. The molecule has 0 aromatic heterocycles. The highest BCUT2D eigenvalue weighted by molar-refractivity contribution is 5.79. The number of nitrogens with zero attached hydrogens (tertiary/aromatic N) is 2. The molecule has 0 bridgehead atoms. The SMILES string of the molecule is CN1CCC(O)(CNC(=O)[C@@H]2CN(Cc3ccccc3)C[C@H]2C(F)(F)F)C1. The van der Waals surface area contributed by atoms with Crippen molar-refractivity contribution in [3.8, 4) is 0 Å². The van der Waals surface area contributed by atoms with Gasteiger partial charge in [0.15, 0.2) is 0 Å². The topological polar surface area (TPSA) is 55.8 Å². The number of likely N-dealkylation sites (tertiary alicyclic amines) is 2. The smallest absolute Gasteiger partial charge is 0.387 e. The van der Waals surface area contributed by atoms with Crippen molar-refractivity contribution in [2.24, 2.45) is 11.8 Å². The Morgan fingerprint density at radius 3 is 2.59 bits per heavy atom. The van der Waals surface area contributed by atoms with E-state index in [1.165, 1.54) is 0 Å². The van der Waals surface area contributed by atoms with E-state index in [1.54, 1.807) is 4.90 Å². The zero-order valence-electron chi connectivity index (χ0n) is 15.4. The summed E-state index contributed by atoms with van der Waals surface area (Å²) >= 11 is 0. The Kier molecular flexibility index (Phi) is 5.79. The van der Waals surface area contributed by atoms with E-state index >= 15 is 0 Å². The van der Waals surface area contributed by atoms with E-state index in [2.05, 4.69) is 5.32 Å². The zero-order chi connectivity index (χ0) is 19.7. The van der Waals surface area contributed by atoms with Crippen LogP contribution in [0.2, 0.25) is 0 Å². The van der Waals surface area contributed by atoms with Crippen molar-refractivity contribution in [2.75, 3.05) is 39.8 Å². The summed E-state index contributed by atoms with van der Waals surface area (Å²) in [5, 5.41) is 13.0. The first-order valence-electron chi connectivity index (χ1n) is 9.18. The van der Waals surface area contributed by atoms with Crippen LogP contribution in [-0.2, 0) is 11.3 Å². The lowest BCUT2D eigenvalue weighted by Crippen LogP contribution is -2.48. The van der Waals surface area contributed by atoms with Crippen LogP contribution >= 0.6 is 0 Å². The molecule has 2 N–H and O–H groups in total. The molecule has 0 saturated carbocycles. The number of carbonyl (C=O) groups is 1. The van der Waals surface area contributed by atoms with Gasteiger partial charge in [-0.1, -0.05) is 30.3 Å². The van der Waals surface area contributed by atoms with Gasteiger partial charge in [0.05, 0.1) is 17.4 Å². The summed E-state index contributed by atoms with van der Waals surface area (Å²) in [7, 11) is 1.86. The van der Waals surface area contributed by atoms with Crippen LogP contribution in [0.25, 0.3) is 0 Å². The Labute approximate surface area is 157 Å². The molecule has 0 spiro atoms. The Bertz CT molecular complexity index is 655. The number of aliphatic hydroxyl groups is 1. The maximum atomic E-state index is 13.5. The molecule has 1 unspecified atom stereocenters. The quantitative estimate of drug-likeness (QED) is 0.806. The van der Waals surface area contributed by atoms with Gasteiger partial charge in [-0.2, -0.15) is 13.2 Å². The largest absolute Gasteiger partial charge is 0.393 e. The first-order valence-corrected chi connectivity index (χ1v) is 9.18. The van der Waals surface area contributed by atoms with Crippen LogP contribution in [0.15, 0.2) is 30.3 Å². The molecule has 2 aliphatic heterocycles. The number of β-amino-alcohol motifs (C(OH)–C–C–N with tert-alkyl or cyclic N) is 1. The summed E-state index contributed by atoms with van der Waals surface area (Å²) in [4.78, 5) is 16.1. The molecule has 8 heteroatoms. The molecule has 1 amide bonds. The minimum Gasteiger partial charge on any atom is -0.387 e. The number of alkyl halides is 3. The van der Waals surface area contributed by atoms with Gasteiger partial charge in [-0.05, 0) is 19.0 Å². The minimum atomic E-state index is -4.43. The number of halogens is 3. The Hall–Kier alpha value is -1.64. The molecule has 5 nitrogen and oxygen atoms in total. The number of rotatable bonds is 5. The van der Waals surface area contributed by atoms with Gasteiger partial charge in [-0.25, -0.2) is 0 Å². The van der Waals surface area contributed by atoms with Gasteiger partial charge in [-0.15, -0.1) is 0 Å². The minimum absolute atomic E-state index is 0.0179. The van der Waals surface area contributed by atoms with Gasteiger partial charge in [-0.3, -0.25) is 9.69 Å². The number of hydrogen-bond acceptors (Lipinski definition) is 4. The first-order chi connectivity index (χ1) is 12.7. The maximum Gasteiger partial charge on any atom is 0.393 e. The van der Waals surface area contributed by atoms with E-state index in [4.69, 9.17) is 0 Å². The highest BCUT2D eigenvalue weighted by Crippen LogP contribution is 2.38. The van der Waals surface area contributed by atoms with E-state index in [-0.39, 0.29) is 19.6 Å². The lowest BCUT2D eigenvalue weighted by molar-refractivity contribution is -0.183. The molecule has 27 heavy (non-hydrogen) atoms. The van der Waals surface area contributed by atoms with Crippen LogP contribution in [0.1, 0.15) is 12.0 Å². The maximum absolute atomic E-state index is 13.5. The van der Waals surface area contributed by atoms with Crippen LogP contribution in [0.3, 0.4) is 0 Å². The van der Waals surface area contributed by atoms with Crippen molar-refractivity contribution in [1.82, 2.24) is 15.1 Å². The number of nitrogens with one attached hydrogen (secondary N) is 1. The first kappa shape index (κ1) is 20.1. The van der Waals surface area contributed by atoms with Crippen LogP contribution in [0, 0.1) is 11.8 Å². The van der Waals surface area contributed by atoms with Crippen molar-refractivity contribution in [3.63, 3.8) is 0 Å². The van der Waals surface area contributed by atoms with Crippen molar-refractivity contribution in [3.05, 3.63) is 35.9 Å². The second-order valence-corrected chi connectivity index (χ2v) is 7.86. The molecule has 3 atom stereocenters. The van der Waals surface area contributed by atoms with Crippen molar-refractivity contribution < 1.29 is 23.1 Å². The van der Waals surface area contributed by atoms with Crippen LogP contribution in [0.5, 0.6) is 0 Å². The van der Waals surface area contributed by atoms with E-state index in [0.717, 1.165) is 5.56 Å². The van der Waals surface area contributed by atoms with Gasteiger partial charge in [0.1, 0.15) is 0 Å². The van der Waals surface area contributed by atoms with Crippen molar-refractivity contribution >= 4 is 5.91 Å². The fourth-order valence-corrected chi connectivity index (χ4v) is 4.04. The summed E-state index contributed by atoms with van der Waals surface area (Å²) in [5.74, 6) is -3.48. The predicted molar refractivity (Wildman–Crippen MR) is 94.8 cm³/mol. The molecule has 2 heterocycles. The van der Waals surface area contributed by atoms with Gasteiger partial charge < -0.3 is 15.3 Å². The third-order valence-corrected chi connectivity index (χ3v) is 5.52. The standard InChI is InChI=1S/C19H26F3N3O2/c1-24-8-7-18(27,13-24)12-23-17(26)15-10-25(11-16(15)19(20,21)22)9-14-5-3-2-4-6-14/h2-6,15-16,27H,7-13H2,1H3,(H,23,26)/t15-,16-,18?/m1/s1. The van der Waals surface area contributed by atoms with E-state index < -0.39 is 29.5 Å². The summed E-state index contributed by atoms with van der Waals surface area (Å²) in [6, 6.07) is 9.27. The number of benzene rings is 1. The molecule has 3 rings (SSSR count). The summed E-state index contributed by atoms with van der Waals surface area (Å²) in [6.07, 6.45) is -3.94. The normalized spacial score (nSPS) is 30.0. The highest BCUT2D eigenvalue weighted by atomic mass is 19.4. The predicted octanol–water partition coefficient (Wildman–Crippen LogP) is 1.48. The molecule has 1 aromatic rings. The fourth-order valence-electron chi connectivity index (χ4n) is 4.04. The number of carbonyl (C=O) groups excluding carboxylic acids is 1. The zero-order valence-corrected chi connectivity index (χ0v) is 15.4. The molecule has 0 radical (unpaired) electrons. The number of hydrogen-bond donors (Lipinski definition) is 2. The van der Waals surface area contributed by atoms with Gasteiger partial charge in [0, 0.05) is 39.3 Å². The fraction of sp³-hybridized carbons (Fsp3) is 0.632. The van der Waals surface area contributed by atoms with E-state index in [9.17, 15) is 23.1 Å². The molecular weight excluding hydrogens is 359 g/mol. The van der Waals surface area contributed by atoms with Gasteiger partial charge in [0.2, 0.25) is 5.91 Å². The lowest BCUT2D eigenvalue weighted by Gasteiger charge is -2.25. The summed E-state index contributed by atoms with van der Waals surface area (Å²) in [6.45, 7) is 1.33. The average molecular weight is 385 g/mol. The molecule has 0 aliphatic carbocycles. The van der Waals surface area contributed by atoms with Crippen molar-refractivity contribution in [2.45, 2.75) is 24.7 Å². The third kappa shape index (κ3) is 5.00. The number of amides is 1. The highest BCUT2D eigenvalue weighted by Gasteiger charge is 2.52. The van der Waals surface area contributed by atoms with E-state index in [0.29, 0.717) is 26.1 Å². The monoisotopic (exact) mass is 385 g/mol. The van der Waals surface area contributed by atoms with Crippen LogP contribution < -0.4 is 5.32 Å². The number of likely N-dealkylation sites (N-methyl/N-ethyl adjacent to an activating group) is 1. The summed E-state index contributed by atoms with van der Waals surface area (Å²) in [5.41, 5.74) is -0.150. The Morgan fingerprint density at radius 2 is 2.00 bits per heavy atom. The lowest BCUT2D eigenvalue weighted by atomic mass is 9.94. The average Bonchev–Trinajstić information content (AvgIpc) is 3.17. The molecule has 2 aliphatic rings. The summed E-state index contributed by atoms with van der Waals surface area (Å²) < 4.78 is 40.5. The van der Waals surface area contributed by atoms with Gasteiger partial charge >= 0.3 is 6.18 Å². The molecule has 1 aromatic carbocycles. The van der Waals surface area contributed by atoms with Crippen LogP contribution in [-0.4, -0.2) is 72.4 Å². The van der Waals surface area contributed by atoms with Gasteiger partial charge in [0.25, 0.3) is 0 Å². The molecule has 2 fully saturated rings. The molecule has 2 saturated heterocycles. The Balaban J connectivity index is 1.63. The third-order valence-electron chi connectivity index (χ3n) is 5.52.